The lowest BCUT2D eigenvalue weighted by atomic mass is 10.1. The molecule has 1 unspecified atom stereocenters. The Hall–Kier alpha value is -3.27. The molecule has 198 valence electrons. The van der Waals surface area contributed by atoms with Gasteiger partial charge in [-0.3, -0.25) is 9.69 Å². The summed E-state index contributed by atoms with van der Waals surface area (Å²) in [5, 5.41) is 6.82. The van der Waals surface area contributed by atoms with E-state index in [0.29, 0.717) is 59.1 Å². The van der Waals surface area contributed by atoms with Gasteiger partial charge in [-0.2, -0.15) is 0 Å². The van der Waals surface area contributed by atoms with Crippen molar-refractivity contribution in [3.8, 4) is 5.75 Å². The number of hydrogen-bond donors (Lipinski definition) is 2. The first-order valence-electron chi connectivity index (χ1n) is 13.0. The second kappa shape index (κ2) is 10.8. The summed E-state index contributed by atoms with van der Waals surface area (Å²) in [4.78, 5) is 24.2. The van der Waals surface area contributed by atoms with Crippen molar-refractivity contribution in [1.82, 2.24) is 14.9 Å². The van der Waals surface area contributed by atoms with Crippen molar-refractivity contribution in [2.24, 2.45) is 0 Å². The summed E-state index contributed by atoms with van der Waals surface area (Å²) < 4.78 is 25.3. The molecule has 2 saturated carbocycles. The SMILES string of the molecule is O=C(C=CCN(C1CC1)C1CC1)Nc1cc2c(Nc3ccc(F)c(Cl)c3)ncnc2cc1OC1CCOC1. The first-order chi connectivity index (χ1) is 18.5. The zero-order valence-electron chi connectivity index (χ0n) is 20.8. The molecule has 3 aromatic rings. The van der Waals surface area contributed by atoms with Gasteiger partial charge in [0, 0.05) is 48.3 Å². The number of nitrogens with one attached hydrogen (secondary N) is 2. The largest absolute Gasteiger partial charge is 0.486 e. The molecule has 0 radical (unpaired) electrons. The summed E-state index contributed by atoms with van der Waals surface area (Å²) in [6.07, 6.45) is 10.6. The molecule has 3 fully saturated rings. The van der Waals surface area contributed by atoms with Crippen LogP contribution in [0.5, 0.6) is 5.75 Å². The number of benzene rings is 2. The number of aromatic nitrogens is 2. The van der Waals surface area contributed by atoms with Crippen LogP contribution in [0.15, 0.2) is 48.8 Å². The molecule has 1 aromatic heterocycles. The van der Waals surface area contributed by atoms with E-state index >= 15 is 0 Å². The number of ether oxygens (including phenoxy) is 2. The number of halogens is 2. The van der Waals surface area contributed by atoms with Crippen molar-refractivity contribution in [1.29, 1.82) is 0 Å². The Bertz CT molecular complexity index is 1360. The van der Waals surface area contributed by atoms with Crippen LogP contribution in [0.3, 0.4) is 0 Å². The molecule has 3 aliphatic rings. The molecule has 1 aliphatic heterocycles. The molecule has 2 N–H and O–H groups in total. The molecule has 1 amide bonds. The van der Waals surface area contributed by atoms with Crippen LogP contribution in [0.25, 0.3) is 10.9 Å². The molecule has 10 heteroatoms. The van der Waals surface area contributed by atoms with Crippen LogP contribution in [-0.2, 0) is 9.53 Å². The van der Waals surface area contributed by atoms with Crippen molar-refractivity contribution in [3.63, 3.8) is 0 Å². The van der Waals surface area contributed by atoms with Crippen molar-refractivity contribution >= 4 is 45.6 Å². The fraction of sp³-hybridized carbons (Fsp3) is 0.393. The van der Waals surface area contributed by atoms with Crippen molar-refractivity contribution in [3.05, 3.63) is 59.7 Å². The third-order valence-corrected chi connectivity index (χ3v) is 7.27. The van der Waals surface area contributed by atoms with E-state index in [1.54, 1.807) is 24.3 Å². The van der Waals surface area contributed by atoms with E-state index in [0.717, 1.165) is 13.0 Å². The zero-order chi connectivity index (χ0) is 26.1. The number of carbonyl (C=O) groups excluding carboxylic acids is 1. The Morgan fingerprint density at radius 1 is 1.16 bits per heavy atom. The van der Waals surface area contributed by atoms with Crippen LogP contribution in [0.4, 0.5) is 21.6 Å². The van der Waals surface area contributed by atoms with E-state index in [1.807, 2.05) is 6.08 Å². The van der Waals surface area contributed by atoms with Gasteiger partial charge in [0.25, 0.3) is 0 Å². The maximum absolute atomic E-state index is 13.6. The highest BCUT2D eigenvalue weighted by Crippen LogP contribution is 2.37. The summed E-state index contributed by atoms with van der Waals surface area (Å²) >= 11 is 5.95. The molecule has 0 spiro atoms. The first-order valence-corrected chi connectivity index (χ1v) is 13.4. The summed E-state index contributed by atoms with van der Waals surface area (Å²) in [5.41, 5.74) is 1.71. The molecular formula is C28H29ClFN5O3. The van der Waals surface area contributed by atoms with Crippen LogP contribution >= 0.6 is 11.6 Å². The summed E-state index contributed by atoms with van der Waals surface area (Å²) in [5.74, 6) is 0.267. The highest BCUT2D eigenvalue weighted by Gasteiger charge is 2.38. The molecular weight excluding hydrogens is 509 g/mol. The standard InChI is InChI=1S/C28H29ClFN5O3/c29-22-12-17(3-8-23(22)30)33-28-21-13-25(26(14-24(21)31-16-32-28)38-20-9-11-37-15-20)34-27(36)2-1-10-35(18-4-5-18)19-6-7-19/h1-3,8,12-14,16,18-20H,4-7,9-11,15H2,(H,34,36)(H,31,32,33). The van der Waals surface area contributed by atoms with Gasteiger partial charge in [0.15, 0.2) is 0 Å². The maximum Gasteiger partial charge on any atom is 0.248 e. The smallest absolute Gasteiger partial charge is 0.248 e. The van der Waals surface area contributed by atoms with Crippen LogP contribution in [0.1, 0.15) is 32.1 Å². The zero-order valence-corrected chi connectivity index (χ0v) is 21.6. The lowest BCUT2D eigenvalue weighted by Gasteiger charge is -2.19. The number of nitrogens with zero attached hydrogens (tertiary/aromatic N) is 3. The van der Waals surface area contributed by atoms with Crippen molar-refractivity contribution in [2.45, 2.75) is 50.3 Å². The molecule has 2 heterocycles. The second-order valence-corrected chi connectivity index (χ2v) is 10.4. The predicted molar refractivity (Wildman–Crippen MR) is 145 cm³/mol. The molecule has 0 bridgehead atoms. The first kappa shape index (κ1) is 25.0. The van der Waals surface area contributed by atoms with Gasteiger partial charge < -0.3 is 20.1 Å². The van der Waals surface area contributed by atoms with Gasteiger partial charge in [0.05, 0.1) is 29.4 Å². The molecule has 6 rings (SSSR count). The Balaban J connectivity index is 1.26. The molecule has 1 atom stereocenters. The molecule has 2 aromatic carbocycles. The van der Waals surface area contributed by atoms with E-state index in [9.17, 15) is 9.18 Å². The fourth-order valence-electron chi connectivity index (χ4n) is 4.74. The normalized spacial score (nSPS) is 19.4. The number of hydrogen-bond acceptors (Lipinski definition) is 7. The highest BCUT2D eigenvalue weighted by atomic mass is 35.5. The van der Waals surface area contributed by atoms with Crippen LogP contribution in [0, 0.1) is 5.82 Å². The predicted octanol–water partition coefficient (Wildman–Crippen LogP) is 5.46. The number of amides is 1. The number of carbonyl (C=O) groups is 1. The maximum atomic E-state index is 13.6. The summed E-state index contributed by atoms with van der Waals surface area (Å²) in [6.45, 7) is 1.91. The molecule has 2 aliphatic carbocycles. The minimum Gasteiger partial charge on any atom is -0.486 e. The van der Waals surface area contributed by atoms with E-state index in [2.05, 4.69) is 25.5 Å². The summed E-state index contributed by atoms with van der Waals surface area (Å²) in [6, 6.07) is 9.28. The van der Waals surface area contributed by atoms with Gasteiger partial charge in [-0.15, -0.1) is 0 Å². The average Bonchev–Trinajstić information content (AvgIpc) is 3.84. The van der Waals surface area contributed by atoms with E-state index in [-0.39, 0.29) is 17.0 Å². The van der Waals surface area contributed by atoms with Crippen LogP contribution in [-0.4, -0.2) is 58.7 Å². The fourth-order valence-corrected chi connectivity index (χ4v) is 4.92. The third kappa shape index (κ3) is 5.90. The average molecular weight is 538 g/mol. The van der Waals surface area contributed by atoms with Crippen LogP contribution < -0.4 is 15.4 Å². The Morgan fingerprint density at radius 2 is 1.97 bits per heavy atom. The van der Waals surface area contributed by atoms with E-state index in [4.69, 9.17) is 21.1 Å². The quantitative estimate of drug-likeness (QED) is 0.332. The van der Waals surface area contributed by atoms with E-state index in [1.165, 1.54) is 44.1 Å². The minimum absolute atomic E-state index is 0.00417. The van der Waals surface area contributed by atoms with Gasteiger partial charge in [-0.25, -0.2) is 14.4 Å². The lowest BCUT2D eigenvalue weighted by molar-refractivity contribution is -0.111. The highest BCUT2D eigenvalue weighted by molar-refractivity contribution is 6.31. The molecule has 8 nitrogen and oxygen atoms in total. The van der Waals surface area contributed by atoms with Crippen molar-refractivity contribution < 1.29 is 18.7 Å². The Kier molecular flexibility index (Phi) is 7.14. The Morgan fingerprint density at radius 3 is 2.68 bits per heavy atom. The van der Waals surface area contributed by atoms with Gasteiger partial charge in [-0.05, 0) is 49.9 Å². The van der Waals surface area contributed by atoms with Gasteiger partial charge in [0.1, 0.15) is 29.8 Å². The topological polar surface area (TPSA) is 88.6 Å². The van der Waals surface area contributed by atoms with Gasteiger partial charge >= 0.3 is 0 Å². The number of fused-ring (bicyclic) bond motifs is 1. The second-order valence-electron chi connectivity index (χ2n) is 10.00. The van der Waals surface area contributed by atoms with Gasteiger partial charge in [-0.1, -0.05) is 17.7 Å². The van der Waals surface area contributed by atoms with Gasteiger partial charge in [0.2, 0.25) is 5.91 Å². The van der Waals surface area contributed by atoms with Crippen LogP contribution in [0.2, 0.25) is 5.02 Å². The minimum atomic E-state index is -0.502. The molecule has 38 heavy (non-hydrogen) atoms. The monoisotopic (exact) mass is 537 g/mol. The van der Waals surface area contributed by atoms with E-state index < -0.39 is 5.82 Å². The number of rotatable bonds is 10. The van der Waals surface area contributed by atoms with Crippen molar-refractivity contribution in [2.75, 3.05) is 30.4 Å². The summed E-state index contributed by atoms with van der Waals surface area (Å²) in [7, 11) is 0. The third-order valence-electron chi connectivity index (χ3n) is 6.98. The number of anilines is 3. The molecule has 1 saturated heterocycles. The Labute approximate surface area is 225 Å². The lowest BCUT2D eigenvalue weighted by Crippen LogP contribution is -2.28.